The molecular formula is C9H16O2. The Morgan fingerprint density at radius 3 is 2.45 bits per heavy atom. The van der Waals surface area contributed by atoms with Gasteiger partial charge in [-0.15, -0.1) is 0 Å². The Hall–Kier alpha value is -0.0800. The predicted octanol–water partition coefficient (Wildman–Crippen LogP) is 1.30. The van der Waals surface area contributed by atoms with Crippen LogP contribution in [0.1, 0.15) is 13.8 Å². The molecule has 2 saturated heterocycles. The molecule has 0 aromatic carbocycles. The third kappa shape index (κ3) is 1.18. The highest BCUT2D eigenvalue weighted by Crippen LogP contribution is 2.35. The quantitative estimate of drug-likeness (QED) is 0.526. The highest BCUT2D eigenvalue weighted by molar-refractivity contribution is 4.86. The minimum atomic E-state index is 0.415. The monoisotopic (exact) mass is 156 g/mol. The molecule has 4 atom stereocenters. The molecule has 2 nitrogen and oxygen atoms in total. The van der Waals surface area contributed by atoms with Gasteiger partial charge in [-0.2, -0.15) is 0 Å². The lowest BCUT2D eigenvalue weighted by molar-refractivity contribution is -0.0600. The Kier molecular flexibility index (Phi) is 1.90. The van der Waals surface area contributed by atoms with E-state index >= 15 is 0 Å². The van der Waals surface area contributed by atoms with E-state index in [1.54, 1.807) is 0 Å². The zero-order chi connectivity index (χ0) is 7.84. The molecule has 2 rings (SSSR count). The first-order valence-electron chi connectivity index (χ1n) is 4.48. The second kappa shape index (κ2) is 2.76. The van der Waals surface area contributed by atoms with Gasteiger partial charge >= 0.3 is 0 Å². The Balaban J connectivity index is 2.08. The number of rotatable bonds is 0. The number of ether oxygens (including phenoxy) is 2. The second-order valence-electron chi connectivity index (χ2n) is 3.88. The molecule has 0 spiro atoms. The van der Waals surface area contributed by atoms with Crippen LogP contribution in [-0.2, 0) is 9.47 Å². The number of hydrogen-bond donors (Lipinski definition) is 0. The molecule has 2 fully saturated rings. The molecule has 0 saturated carbocycles. The topological polar surface area (TPSA) is 18.5 Å². The minimum Gasteiger partial charge on any atom is -0.381 e. The van der Waals surface area contributed by atoms with Gasteiger partial charge in [-0.05, 0) is 18.8 Å². The molecule has 2 heterocycles. The number of hydrogen-bond acceptors (Lipinski definition) is 2. The van der Waals surface area contributed by atoms with Crippen LogP contribution in [0.5, 0.6) is 0 Å². The van der Waals surface area contributed by atoms with Crippen LogP contribution < -0.4 is 0 Å². The van der Waals surface area contributed by atoms with Crippen molar-refractivity contribution < 1.29 is 9.47 Å². The Morgan fingerprint density at radius 1 is 1.00 bits per heavy atom. The van der Waals surface area contributed by atoms with Crippen molar-refractivity contribution in [2.24, 2.45) is 17.8 Å². The van der Waals surface area contributed by atoms with E-state index in [-0.39, 0.29) is 0 Å². The summed E-state index contributed by atoms with van der Waals surface area (Å²) in [7, 11) is 0. The molecule has 0 aromatic rings. The van der Waals surface area contributed by atoms with Crippen molar-refractivity contribution in [3.8, 4) is 0 Å². The van der Waals surface area contributed by atoms with Crippen molar-refractivity contribution in [1.82, 2.24) is 0 Å². The maximum absolute atomic E-state index is 5.62. The largest absolute Gasteiger partial charge is 0.381 e. The summed E-state index contributed by atoms with van der Waals surface area (Å²) in [5, 5.41) is 0. The first-order valence-corrected chi connectivity index (χ1v) is 4.48. The van der Waals surface area contributed by atoms with Crippen LogP contribution in [0.2, 0.25) is 0 Å². The van der Waals surface area contributed by atoms with Crippen molar-refractivity contribution >= 4 is 0 Å². The van der Waals surface area contributed by atoms with E-state index in [2.05, 4.69) is 13.8 Å². The molecule has 64 valence electrons. The van der Waals surface area contributed by atoms with Crippen LogP contribution in [0.3, 0.4) is 0 Å². The average molecular weight is 156 g/mol. The van der Waals surface area contributed by atoms with Crippen LogP contribution >= 0.6 is 0 Å². The van der Waals surface area contributed by atoms with E-state index in [1.807, 2.05) is 0 Å². The average Bonchev–Trinajstić information content (AvgIpc) is 2.45. The summed E-state index contributed by atoms with van der Waals surface area (Å²) in [6, 6.07) is 0. The zero-order valence-corrected chi connectivity index (χ0v) is 7.25. The fourth-order valence-electron chi connectivity index (χ4n) is 2.21. The molecule has 4 unspecified atom stereocenters. The van der Waals surface area contributed by atoms with E-state index < -0.39 is 0 Å². The first kappa shape index (κ1) is 7.56. The van der Waals surface area contributed by atoms with Crippen molar-refractivity contribution in [2.45, 2.75) is 20.0 Å². The minimum absolute atomic E-state index is 0.415. The van der Waals surface area contributed by atoms with Crippen LogP contribution in [0.25, 0.3) is 0 Å². The zero-order valence-electron chi connectivity index (χ0n) is 7.25. The maximum Gasteiger partial charge on any atom is 0.0600 e. The molecule has 0 radical (unpaired) electrons. The highest BCUT2D eigenvalue weighted by atomic mass is 16.5. The van der Waals surface area contributed by atoms with Gasteiger partial charge in [0.1, 0.15) is 0 Å². The highest BCUT2D eigenvalue weighted by Gasteiger charge is 2.39. The van der Waals surface area contributed by atoms with E-state index in [1.165, 1.54) is 0 Å². The summed E-state index contributed by atoms with van der Waals surface area (Å²) in [6.45, 7) is 7.22. The molecule has 0 bridgehead atoms. The van der Waals surface area contributed by atoms with Gasteiger partial charge in [0.25, 0.3) is 0 Å². The molecule has 0 N–H and O–H groups in total. The molecule has 2 heteroatoms. The summed E-state index contributed by atoms with van der Waals surface area (Å²) < 4.78 is 11.1. The normalized spacial score (nSPS) is 50.7. The smallest absolute Gasteiger partial charge is 0.0600 e. The molecule has 0 amide bonds. The number of fused-ring (bicyclic) bond motifs is 1. The van der Waals surface area contributed by atoms with Crippen molar-refractivity contribution in [1.29, 1.82) is 0 Å². The van der Waals surface area contributed by atoms with Crippen LogP contribution in [0, 0.1) is 17.8 Å². The van der Waals surface area contributed by atoms with Gasteiger partial charge in [0, 0.05) is 12.5 Å². The first-order chi connectivity index (χ1) is 5.29. The molecular weight excluding hydrogens is 140 g/mol. The summed E-state index contributed by atoms with van der Waals surface area (Å²) in [4.78, 5) is 0. The molecule has 11 heavy (non-hydrogen) atoms. The summed E-state index contributed by atoms with van der Waals surface area (Å²) in [5.74, 6) is 2.12. The second-order valence-corrected chi connectivity index (χ2v) is 3.88. The van der Waals surface area contributed by atoms with Crippen molar-refractivity contribution in [3.05, 3.63) is 0 Å². The maximum atomic E-state index is 5.62. The van der Waals surface area contributed by atoms with Crippen LogP contribution in [0.4, 0.5) is 0 Å². The van der Waals surface area contributed by atoms with Crippen molar-refractivity contribution in [3.63, 3.8) is 0 Å². The summed E-state index contributed by atoms with van der Waals surface area (Å²) in [5.41, 5.74) is 0. The van der Waals surface area contributed by atoms with Gasteiger partial charge in [0.2, 0.25) is 0 Å². The molecule has 2 aliphatic rings. The van der Waals surface area contributed by atoms with Gasteiger partial charge in [0.05, 0.1) is 19.3 Å². The van der Waals surface area contributed by atoms with Gasteiger partial charge in [0.15, 0.2) is 0 Å². The van der Waals surface area contributed by atoms with E-state index in [0.29, 0.717) is 17.9 Å². The Morgan fingerprint density at radius 2 is 1.73 bits per heavy atom. The van der Waals surface area contributed by atoms with Gasteiger partial charge in [-0.3, -0.25) is 0 Å². The standard InChI is InChI=1S/C9H16O2/c1-6-3-11-7(2)9-5-10-4-8(6)9/h6-9H,3-5H2,1-2H3. The van der Waals surface area contributed by atoms with Crippen LogP contribution in [-0.4, -0.2) is 25.9 Å². The molecule has 0 aliphatic carbocycles. The molecule has 0 aromatic heterocycles. The van der Waals surface area contributed by atoms with Crippen LogP contribution in [0.15, 0.2) is 0 Å². The Bertz CT molecular complexity index is 130. The van der Waals surface area contributed by atoms with E-state index in [4.69, 9.17) is 9.47 Å². The van der Waals surface area contributed by atoms with Gasteiger partial charge in [-0.25, -0.2) is 0 Å². The molecule has 2 aliphatic heterocycles. The third-order valence-corrected chi connectivity index (χ3v) is 3.13. The lowest BCUT2D eigenvalue weighted by atomic mass is 9.80. The lowest BCUT2D eigenvalue weighted by Gasteiger charge is -2.34. The van der Waals surface area contributed by atoms with Crippen molar-refractivity contribution in [2.75, 3.05) is 19.8 Å². The van der Waals surface area contributed by atoms with E-state index in [9.17, 15) is 0 Å². The summed E-state index contributed by atoms with van der Waals surface area (Å²) in [6.07, 6.45) is 0.415. The Labute approximate surface area is 67.9 Å². The van der Waals surface area contributed by atoms with Gasteiger partial charge in [-0.1, -0.05) is 6.92 Å². The fraction of sp³-hybridized carbons (Fsp3) is 1.00. The SMILES string of the molecule is CC1COC(C)C2COCC12. The van der Waals surface area contributed by atoms with Gasteiger partial charge < -0.3 is 9.47 Å². The third-order valence-electron chi connectivity index (χ3n) is 3.13. The lowest BCUT2D eigenvalue weighted by Crippen LogP contribution is -2.38. The fourth-order valence-corrected chi connectivity index (χ4v) is 2.21. The summed E-state index contributed by atoms with van der Waals surface area (Å²) >= 11 is 0. The van der Waals surface area contributed by atoms with E-state index in [0.717, 1.165) is 25.7 Å². The predicted molar refractivity (Wildman–Crippen MR) is 42.4 cm³/mol.